The topological polar surface area (TPSA) is 50.8 Å². The first-order valence-corrected chi connectivity index (χ1v) is 10.0. The number of hydrogen-bond donors (Lipinski definition) is 1. The molecule has 2 aromatic carbocycles. The fourth-order valence-corrected chi connectivity index (χ4v) is 4.76. The van der Waals surface area contributed by atoms with Crippen molar-refractivity contribution in [1.82, 2.24) is 10.2 Å². The van der Waals surface area contributed by atoms with E-state index in [1.807, 2.05) is 24.3 Å². The summed E-state index contributed by atoms with van der Waals surface area (Å²) in [7, 11) is 3.27. The van der Waals surface area contributed by atoms with Crippen LogP contribution in [0.2, 0.25) is 0 Å². The zero-order chi connectivity index (χ0) is 19.5. The van der Waals surface area contributed by atoms with Crippen LogP contribution in [-0.2, 0) is 11.3 Å². The third-order valence-corrected chi connectivity index (χ3v) is 6.15. The van der Waals surface area contributed by atoms with E-state index in [0.717, 1.165) is 36.4 Å². The molecule has 1 amide bonds. The summed E-state index contributed by atoms with van der Waals surface area (Å²) in [5.41, 5.74) is 2.28. The van der Waals surface area contributed by atoms with Gasteiger partial charge in [0.05, 0.1) is 20.1 Å². The monoisotopic (exact) mass is 380 g/mol. The summed E-state index contributed by atoms with van der Waals surface area (Å²) < 4.78 is 10.7. The van der Waals surface area contributed by atoms with Gasteiger partial charge in [0.1, 0.15) is 11.5 Å². The summed E-state index contributed by atoms with van der Waals surface area (Å²) in [4.78, 5) is 15.6. The molecule has 0 bridgehead atoms. The largest absolute Gasteiger partial charge is 0.497 e. The quantitative estimate of drug-likeness (QED) is 0.833. The zero-order valence-electron chi connectivity index (χ0n) is 16.6. The van der Waals surface area contributed by atoms with Gasteiger partial charge in [0.2, 0.25) is 5.91 Å². The minimum Gasteiger partial charge on any atom is -0.497 e. The van der Waals surface area contributed by atoms with Crippen molar-refractivity contribution in [3.05, 3.63) is 59.7 Å². The van der Waals surface area contributed by atoms with Crippen molar-refractivity contribution in [3.8, 4) is 11.5 Å². The number of nitrogens with one attached hydrogen (secondary N) is 1. The molecule has 0 saturated carbocycles. The predicted octanol–water partition coefficient (Wildman–Crippen LogP) is 3.55. The molecular formula is C23H28N2O3. The summed E-state index contributed by atoms with van der Waals surface area (Å²) in [6.07, 6.45) is 3.16. The predicted molar refractivity (Wildman–Crippen MR) is 108 cm³/mol. The molecule has 2 heterocycles. The number of carbonyl (C=O) groups is 1. The average molecular weight is 380 g/mol. The highest BCUT2D eigenvalue weighted by molar-refractivity contribution is 5.80. The number of fused-ring (bicyclic) bond motifs is 1. The minimum absolute atomic E-state index is 0.0388. The second-order valence-electron chi connectivity index (χ2n) is 7.61. The van der Waals surface area contributed by atoms with Crippen LogP contribution in [0.5, 0.6) is 11.5 Å². The second kappa shape index (κ2) is 8.23. The first-order valence-electron chi connectivity index (χ1n) is 10.0. The Labute approximate surface area is 166 Å². The van der Waals surface area contributed by atoms with Gasteiger partial charge in [-0.1, -0.05) is 30.3 Å². The van der Waals surface area contributed by atoms with E-state index < -0.39 is 0 Å². The minimum atomic E-state index is 0.0388. The number of ether oxygens (including phenoxy) is 2. The van der Waals surface area contributed by atoms with E-state index in [0.29, 0.717) is 18.6 Å². The van der Waals surface area contributed by atoms with Crippen LogP contribution < -0.4 is 14.8 Å². The molecule has 1 N–H and O–H groups in total. The molecule has 4 rings (SSSR count). The first-order chi connectivity index (χ1) is 13.7. The summed E-state index contributed by atoms with van der Waals surface area (Å²) in [5, 5.41) is 3.15. The van der Waals surface area contributed by atoms with Gasteiger partial charge < -0.3 is 14.8 Å². The molecule has 5 nitrogen and oxygen atoms in total. The van der Waals surface area contributed by atoms with E-state index in [1.165, 1.54) is 12.0 Å². The first kappa shape index (κ1) is 18.8. The highest BCUT2D eigenvalue weighted by atomic mass is 16.5. The Balaban J connectivity index is 1.45. The standard InChI is InChI=1S/C23H28N2O3/c1-27-18-11-10-17(22(13-18)28-2)15-24-23(26)19-14-21(16-7-4-3-5-8-16)25-12-6-9-20(19)25/h3-5,7-8,10-11,13,19-21H,6,9,12,14-15H2,1-2H3,(H,24,26)/t19-,20+,21-/m0/s1. The van der Waals surface area contributed by atoms with Crippen LogP contribution in [0.25, 0.3) is 0 Å². The van der Waals surface area contributed by atoms with E-state index >= 15 is 0 Å². The number of amides is 1. The van der Waals surface area contributed by atoms with Crippen molar-refractivity contribution < 1.29 is 14.3 Å². The fraction of sp³-hybridized carbons (Fsp3) is 0.435. The van der Waals surface area contributed by atoms with Crippen LogP contribution in [0.15, 0.2) is 48.5 Å². The van der Waals surface area contributed by atoms with Crippen molar-refractivity contribution in [2.45, 2.75) is 37.9 Å². The molecule has 0 unspecified atom stereocenters. The smallest absolute Gasteiger partial charge is 0.225 e. The molecular weight excluding hydrogens is 352 g/mol. The molecule has 5 heteroatoms. The third kappa shape index (κ3) is 3.59. The number of methoxy groups -OCH3 is 2. The van der Waals surface area contributed by atoms with E-state index in [1.54, 1.807) is 14.2 Å². The molecule has 0 aliphatic carbocycles. The van der Waals surface area contributed by atoms with Gasteiger partial charge in [0.15, 0.2) is 0 Å². The van der Waals surface area contributed by atoms with Crippen molar-refractivity contribution in [3.63, 3.8) is 0 Å². The number of hydrogen-bond acceptors (Lipinski definition) is 4. The molecule has 2 aliphatic rings. The van der Waals surface area contributed by atoms with Gasteiger partial charge in [-0.3, -0.25) is 9.69 Å². The molecule has 0 spiro atoms. The molecule has 28 heavy (non-hydrogen) atoms. The maximum Gasteiger partial charge on any atom is 0.225 e. The Kier molecular flexibility index (Phi) is 5.53. The van der Waals surface area contributed by atoms with Gasteiger partial charge in [-0.25, -0.2) is 0 Å². The van der Waals surface area contributed by atoms with Crippen molar-refractivity contribution >= 4 is 5.91 Å². The van der Waals surface area contributed by atoms with Gasteiger partial charge >= 0.3 is 0 Å². The Hall–Kier alpha value is -2.53. The molecule has 2 fully saturated rings. The lowest BCUT2D eigenvalue weighted by Gasteiger charge is -2.24. The number of nitrogens with zero attached hydrogens (tertiary/aromatic N) is 1. The van der Waals surface area contributed by atoms with E-state index in [4.69, 9.17) is 9.47 Å². The van der Waals surface area contributed by atoms with E-state index in [-0.39, 0.29) is 11.8 Å². The third-order valence-electron chi connectivity index (χ3n) is 6.15. The number of carbonyl (C=O) groups excluding carboxylic acids is 1. The van der Waals surface area contributed by atoms with Gasteiger partial charge in [0, 0.05) is 30.3 Å². The zero-order valence-corrected chi connectivity index (χ0v) is 16.6. The molecule has 2 aromatic rings. The van der Waals surface area contributed by atoms with Crippen LogP contribution in [-0.4, -0.2) is 37.6 Å². The molecule has 148 valence electrons. The van der Waals surface area contributed by atoms with E-state index in [2.05, 4.69) is 34.5 Å². The lowest BCUT2D eigenvalue weighted by Crippen LogP contribution is -2.37. The van der Waals surface area contributed by atoms with Crippen LogP contribution in [0.3, 0.4) is 0 Å². The lowest BCUT2D eigenvalue weighted by atomic mass is 9.93. The average Bonchev–Trinajstić information content (AvgIpc) is 3.35. The normalized spacial score (nSPS) is 24.0. The van der Waals surface area contributed by atoms with Gasteiger partial charge in [-0.05, 0) is 43.5 Å². The van der Waals surface area contributed by atoms with Crippen LogP contribution >= 0.6 is 0 Å². The number of rotatable bonds is 6. The molecule has 0 aromatic heterocycles. The van der Waals surface area contributed by atoms with Crippen LogP contribution in [0, 0.1) is 5.92 Å². The van der Waals surface area contributed by atoms with Crippen molar-refractivity contribution in [2.24, 2.45) is 5.92 Å². The summed E-state index contributed by atoms with van der Waals surface area (Å²) in [5.74, 6) is 1.66. The van der Waals surface area contributed by atoms with Crippen LogP contribution in [0.4, 0.5) is 0 Å². The molecule has 2 aliphatic heterocycles. The number of benzene rings is 2. The molecule has 0 radical (unpaired) electrons. The summed E-state index contributed by atoms with van der Waals surface area (Å²) in [6.45, 7) is 1.55. The van der Waals surface area contributed by atoms with Crippen molar-refractivity contribution in [1.29, 1.82) is 0 Å². The highest BCUT2D eigenvalue weighted by Gasteiger charge is 2.46. The maximum absolute atomic E-state index is 13.1. The Morgan fingerprint density at radius 3 is 2.71 bits per heavy atom. The van der Waals surface area contributed by atoms with E-state index in [9.17, 15) is 4.79 Å². The lowest BCUT2D eigenvalue weighted by molar-refractivity contribution is -0.125. The van der Waals surface area contributed by atoms with Crippen molar-refractivity contribution in [2.75, 3.05) is 20.8 Å². The summed E-state index contributed by atoms with van der Waals surface area (Å²) in [6, 6.07) is 17.0. The summed E-state index contributed by atoms with van der Waals surface area (Å²) >= 11 is 0. The van der Waals surface area contributed by atoms with Gasteiger partial charge in [0.25, 0.3) is 0 Å². The highest BCUT2D eigenvalue weighted by Crippen LogP contribution is 2.44. The molecule has 3 atom stereocenters. The Bertz CT molecular complexity index is 824. The Morgan fingerprint density at radius 1 is 1.14 bits per heavy atom. The Morgan fingerprint density at radius 2 is 1.96 bits per heavy atom. The van der Waals surface area contributed by atoms with Gasteiger partial charge in [-0.15, -0.1) is 0 Å². The maximum atomic E-state index is 13.1. The molecule has 2 saturated heterocycles. The van der Waals surface area contributed by atoms with Crippen LogP contribution in [0.1, 0.15) is 36.4 Å². The second-order valence-corrected chi connectivity index (χ2v) is 7.61. The van der Waals surface area contributed by atoms with Gasteiger partial charge in [-0.2, -0.15) is 0 Å². The fourth-order valence-electron chi connectivity index (χ4n) is 4.76. The SMILES string of the molecule is COc1ccc(CNC(=O)[C@H]2C[C@@H](c3ccccc3)N3CCC[C@H]23)c(OC)c1.